The van der Waals surface area contributed by atoms with Crippen LogP contribution in [0.25, 0.3) is 0 Å². The van der Waals surface area contributed by atoms with Crippen molar-refractivity contribution in [2.45, 2.75) is 24.1 Å². The molecule has 1 aliphatic heterocycles. The summed E-state index contributed by atoms with van der Waals surface area (Å²) >= 11 is 4.97. The fourth-order valence-corrected chi connectivity index (χ4v) is 2.19. The van der Waals surface area contributed by atoms with Crippen LogP contribution in [0.15, 0.2) is 12.3 Å². The van der Waals surface area contributed by atoms with E-state index in [9.17, 15) is 9.50 Å². The van der Waals surface area contributed by atoms with E-state index in [0.717, 1.165) is 0 Å². The van der Waals surface area contributed by atoms with E-state index in [4.69, 9.17) is 34.2 Å². The van der Waals surface area contributed by atoms with Crippen molar-refractivity contribution in [2.75, 3.05) is 12.3 Å². The SMILES string of the molecule is C#C[C@@]1(O)C(F)[C@@H](CO)O[C@H]1n1ccc(N)nc1=S. The van der Waals surface area contributed by atoms with Crippen LogP contribution in [-0.4, -0.2) is 44.2 Å². The first kappa shape index (κ1) is 13.9. The molecule has 0 radical (unpaired) electrons. The van der Waals surface area contributed by atoms with Crippen molar-refractivity contribution in [3.05, 3.63) is 17.0 Å². The zero-order valence-electron chi connectivity index (χ0n) is 9.73. The van der Waals surface area contributed by atoms with Crippen LogP contribution in [0.5, 0.6) is 0 Å². The van der Waals surface area contributed by atoms with E-state index in [1.54, 1.807) is 0 Å². The molecular weight excluding hydrogens is 273 g/mol. The summed E-state index contributed by atoms with van der Waals surface area (Å²) in [6, 6.07) is 1.41. The molecule has 0 aliphatic carbocycles. The molecule has 6 nitrogen and oxygen atoms in total. The lowest BCUT2D eigenvalue weighted by atomic mass is 9.96. The molecule has 8 heteroatoms. The fourth-order valence-electron chi connectivity index (χ4n) is 1.93. The van der Waals surface area contributed by atoms with Gasteiger partial charge in [0.25, 0.3) is 0 Å². The lowest BCUT2D eigenvalue weighted by Crippen LogP contribution is -2.43. The maximum absolute atomic E-state index is 14.0. The van der Waals surface area contributed by atoms with Crippen LogP contribution in [0.1, 0.15) is 6.23 Å². The molecule has 1 aromatic heterocycles. The van der Waals surface area contributed by atoms with Gasteiger partial charge in [0.2, 0.25) is 10.4 Å². The van der Waals surface area contributed by atoms with Crippen molar-refractivity contribution >= 4 is 18.0 Å². The van der Waals surface area contributed by atoms with E-state index in [1.807, 2.05) is 5.92 Å². The zero-order valence-corrected chi connectivity index (χ0v) is 10.5. The Kier molecular flexibility index (Phi) is 3.56. The molecule has 4 N–H and O–H groups in total. The normalized spacial score (nSPS) is 34.1. The number of halogens is 1. The van der Waals surface area contributed by atoms with E-state index in [-0.39, 0.29) is 10.6 Å². The van der Waals surface area contributed by atoms with Gasteiger partial charge in [-0.25, -0.2) is 9.37 Å². The number of terminal acetylenes is 1. The fraction of sp³-hybridized carbons (Fsp3) is 0.455. The number of nitrogens with zero attached hydrogens (tertiary/aromatic N) is 2. The molecule has 19 heavy (non-hydrogen) atoms. The van der Waals surface area contributed by atoms with Crippen molar-refractivity contribution in [2.24, 2.45) is 0 Å². The van der Waals surface area contributed by atoms with Crippen LogP contribution in [-0.2, 0) is 4.74 Å². The topological polar surface area (TPSA) is 93.5 Å². The van der Waals surface area contributed by atoms with Crippen molar-refractivity contribution in [1.29, 1.82) is 0 Å². The first-order valence-corrected chi connectivity index (χ1v) is 5.80. The molecule has 1 saturated heterocycles. The molecule has 0 saturated carbocycles. The van der Waals surface area contributed by atoms with E-state index >= 15 is 0 Å². The molecular formula is C11H12FN3O3S. The Bertz CT molecular complexity index is 587. The second-order valence-electron chi connectivity index (χ2n) is 4.12. The van der Waals surface area contributed by atoms with Crippen LogP contribution in [0.4, 0.5) is 10.2 Å². The summed E-state index contributed by atoms with van der Waals surface area (Å²) in [7, 11) is 0. The Morgan fingerprint density at radius 2 is 2.42 bits per heavy atom. The predicted octanol–water partition coefficient (Wildman–Crippen LogP) is -0.213. The van der Waals surface area contributed by atoms with Crippen LogP contribution in [0, 0.1) is 17.1 Å². The number of anilines is 1. The summed E-state index contributed by atoms with van der Waals surface area (Å²) in [5.41, 5.74) is 3.23. The third kappa shape index (κ3) is 2.11. The zero-order chi connectivity index (χ0) is 14.2. The minimum Gasteiger partial charge on any atom is -0.394 e. The molecule has 0 spiro atoms. The van der Waals surface area contributed by atoms with Gasteiger partial charge in [0.05, 0.1) is 6.61 Å². The first-order chi connectivity index (χ1) is 8.93. The molecule has 1 aliphatic rings. The number of aromatic nitrogens is 2. The molecule has 2 heterocycles. The highest BCUT2D eigenvalue weighted by Crippen LogP contribution is 2.39. The van der Waals surface area contributed by atoms with Gasteiger partial charge in [0.1, 0.15) is 11.9 Å². The second kappa shape index (κ2) is 4.86. The Labute approximate surface area is 113 Å². The summed E-state index contributed by atoms with van der Waals surface area (Å²) in [4.78, 5) is 3.80. The third-order valence-corrected chi connectivity index (χ3v) is 3.24. The lowest BCUT2D eigenvalue weighted by Gasteiger charge is -2.25. The van der Waals surface area contributed by atoms with Gasteiger partial charge in [-0.3, -0.25) is 4.57 Å². The van der Waals surface area contributed by atoms with Crippen molar-refractivity contribution in [1.82, 2.24) is 9.55 Å². The van der Waals surface area contributed by atoms with Crippen molar-refractivity contribution in [3.8, 4) is 12.3 Å². The highest BCUT2D eigenvalue weighted by Gasteiger charge is 2.56. The highest BCUT2D eigenvalue weighted by atomic mass is 32.1. The van der Waals surface area contributed by atoms with Gasteiger partial charge in [-0.1, -0.05) is 5.92 Å². The molecule has 1 fully saturated rings. The maximum atomic E-state index is 14.0. The highest BCUT2D eigenvalue weighted by molar-refractivity contribution is 7.71. The minimum absolute atomic E-state index is 0.00975. The Hall–Kier alpha value is -1.53. The average Bonchev–Trinajstić information content (AvgIpc) is 2.63. The number of ether oxygens (including phenoxy) is 1. The van der Waals surface area contributed by atoms with Gasteiger partial charge < -0.3 is 20.7 Å². The minimum atomic E-state index is -2.23. The molecule has 0 aromatic carbocycles. The number of aliphatic hydroxyl groups excluding tert-OH is 1. The van der Waals surface area contributed by atoms with E-state index < -0.39 is 30.7 Å². The second-order valence-corrected chi connectivity index (χ2v) is 4.49. The largest absolute Gasteiger partial charge is 0.394 e. The van der Waals surface area contributed by atoms with E-state index in [2.05, 4.69) is 4.98 Å². The molecule has 102 valence electrons. The van der Waals surface area contributed by atoms with Crippen LogP contribution in [0.2, 0.25) is 0 Å². The number of rotatable bonds is 2. The monoisotopic (exact) mass is 285 g/mol. The molecule has 4 atom stereocenters. The molecule has 0 amide bonds. The maximum Gasteiger partial charge on any atom is 0.204 e. The van der Waals surface area contributed by atoms with Crippen LogP contribution >= 0.6 is 12.2 Å². The quantitative estimate of drug-likeness (QED) is 0.514. The van der Waals surface area contributed by atoms with Crippen LogP contribution in [0.3, 0.4) is 0 Å². The van der Waals surface area contributed by atoms with Gasteiger partial charge >= 0.3 is 0 Å². The van der Waals surface area contributed by atoms with Gasteiger partial charge in [-0.15, -0.1) is 6.42 Å². The summed E-state index contributed by atoms with van der Waals surface area (Å²) in [5, 5.41) is 19.2. The van der Waals surface area contributed by atoms with E-state index in [0.29, 0.717) is 0 Å². The number of aliphatic hydroxyl groups is 2. The van der Waals surface area contributed by atoms with Crippen molar-refractivity contribution < 1.29 is 19.3 Å². The summed E-state index contributed by atoms with van der Waals surface area (Å²) in [5.74, 6) is 2.14. The van der Waals surface area contributed by atoms with E-state index in [1.165, 1.54) is 16.8 Å². The molecule has 1 unspecified atom stereocenters. The van der Waals surface area contributed by atoms with Gasteiger partial charge in [-0.2, -0.15) is 0 Å². The number of hydrogen-bond acceptors (Lipinski definition) is 6. The molecule has 2 rings (SSSR count). The van der Waals surface area contributed by atoms with Crippen molar-refractivity contribution in [3.63, 3.8) is 0 Å². The van der Waals surface area contributed by atoms with Crippen LogP contribution < -0.4 is 5.73 Å². The van der Waals surface area contributed by atoms with Gasteiger partial charge in [0, 0.05) is 6.20 Å². The lowest BCUT2D eigenvalue weighted by molar-refractivity contribution is -0.0739. The number of nitrogen functional groups attached to an aromatic ring is 1. The Morgan fingerprint density at radius 1 is 1.74 bits per heavy atom. The number of nitrogens with two attached hydrogens (primary N) is 1. The van der Waals surface area contributed by atoms with Gasteiger partial charge in [0.15, 0.2) is 12.4 Å². The molecule has 0 bridgehead atoms. The average molecular weight is 285 g/mol. The molecule has 1 aromatic rings. The Morgan fingerprint density at radius 3 is 2.95 bits per heavy atom. The van der Waals surface area contributed by atoms with Gasteiger partial charge in [-0.05, 0) is 18.3 Å². The first-order valence-electron chi connectivity index (χ1n) is 5.39. The standard InChI is InChI=1S/C11H12FN3O3S/c1-2-11(17)8(12)6(5-16)18-9(11)15-4-3-7(13)14-10(15)19/h1,3-4,6,8-9,16-17H,5H2,(H2,13,14,19)/t6-,8?,9-,11-/m1/s1. The summed E-state index contributed by atoms with van der Waals surface area (Å²) in [6.45, 7) is -0.614. The number of alkyl halides is 1. The number of hydrogen-bond donors (Lipinski definition) is 3. The smallest absolute Gasteiger partial charge is 0.204 e. The summed E-state index contributed by atoms with van der Waals surface area (Å²) < 4.78 is 20.4. The Balaban J connectivity index is 2.49. The summed E-state index contributed by atoms with van der Waals surface area (Å²) in [6.07, 6.45) is 2.14. The predicted molar refractivity (Wildman–Crippen MR) is 67.1 cm³/mol. The third-order valence-electron chi connectivity index (χ3n) is 2.94.